The standard InChI is InChI=1S/C22H24N2O4S/c1-26-19-11-10-15(13-20(19)27-2)24-21(25)17-8-3-4-9-18(17)23-22(24)29-14-16-7-5-6-12-28-16/h3-4,8-11,13,16H,5-7,12,14H2,1-2H3. The fraction of sp³-hybridized carbons (Fsp3) is 0.364. The summed E-state index contributed by atoms with van der Waals surface area (Å²) in [5, 5.41) is 1.23. The van der Waals surface area contributed by atoms with Crippen molar-refractivity contribution in [2.75, 3.05) is 26.6 Å². The molecule has 29 heavy (non-hydrogen) atoms. The molecule has 1 aliphatic rings. The second-order valence-electron chi connectivity index (χ2n) is 6.89. The summed E-state index contributed by atoms with van der Waals surface area (Å²) in [5.41, 5.74) is 1.29. The number of thioether (sulfide) groups is 1. The van der Waals surface area contributed by atoms with Crippen LogP contribution in [-0.4, -0.2) is 42.2 Å². The van der Waals surface area contributed by atoms with Gasteiger partial charge >= 0.3 is 0 Å². The lowest BCUT2D eigenvalue weighted by atomic mass is 10.1. The summed E-state index contributed by atoms with van der Waals surface area (Å²) in [5.74, 6) is 1.94. The Kier molecular flexibility index (Phi) is 6.06. The summed E-state index contributed by atoms with van der Waals surface area (Å²) in [6.45, 7) is 0.804. The third kappa shape index (κ3) is 4.11. The predicted molar refractivity (Wildman–Crippen MR) is 115 cm³/mol. The van der Waals surface area contributed by atoms with E-state index in [4.69, 9.17) is 19.2 Å². The van der Waals surface area contributed by atoms with Crippen molar-refractivity contribution in [3.8, 4) is 17.2 Å². The molecule has 0 N–H and O–H groups in total. The lowest BCUT2D eigenvalue weighted by Crippen LogP contribution is -2.24. The minimum absolute atomic E-state index is 0.102. The molecule has 3 aromatic rings. The smallest absolute Gasteiger partial charge is 0.266 e. The summed E-state index contributed by atoms with van der Waals surface area (Å²) in [7, 11) is 3.17. The van der Waals surface area contributed by atoms with Crippen molar-refractivity contribution in [3.63, 3.8) is 0 Å². The molecule has 0 amide bonds. The van der Waals surface area contributed by atoms with Gasteiger partial charge in [-0.3, -0.25) is 9.36 Å². The maximum atomic E-state index is 13.4. The first kappa shape index (κ1) is 19.8. The minimum atomic E-state index is -0.102. The molecule has 0 spiro atoms. The van der Waals surface area contributed by atoms with Gasteiger partial charge < -0.3 is 14.2 Å². The molecule has 0 radical (unpaired) electrons. The number of para-hydroxylation sites is 1. The molecule has 7 heteroatoms. The molecule has 0 bridgehead atoms. The Balaban J connectivity index is 1.80. The van der Waals surface area contributed by atoms with Crippen LogP contribution < -0.4 is 15.0 Å². The Bertz CT molecular complexity index is 1060. The second-order valence-corrected chi connectivity index (χ2v) is 7.88. The number of benzene rings is 2. The zero-order valence-corrected chi connectivity index (χ0v) is 17.4. The van der Waals surface area contributed by atoms with Gasteiger partial charge in [0.15, 0.2) is 16.7 Å². The van der Waals surface area contributed by atoms with Gasteiger partial charge in [-0.15, -0.1) is 0 Å². The third-order valence-corrected chi connectivity index (χ3v) is 6.11. The molecule has 6 nitrogen and oxygen atoms in total. The normalized spacial score (nSPS) is 16.7. The highest BCUT2D eigenvalue weighted by Gasteiger charge is 2.19. The first-order valence-corrected chi connectivity index (χ1v) is 10.7. The Labute approximate surface area is 173 Å². The van der Waals surface area contributed by atoms with Gasteiger partial charge in [-0.05, 0) is 43.5 Å². The van der Waals surface area contributed by atoms with Gasteiger partial charge in [-0.25, -0.2) is 4.98 Å². The van der Waals surface area contributed by atoms with Crippen LogP contribution in [-0.2, 0) is 4.74 Å². The van der Waals surface area contributed by atoms with Gasteiger partial charge in [-0.1, -0.05) is 23.9 Å². The fourth-order valence-corrected chi connectivity index (χ4v) is 4.59. The van der Waals surface area contributed by atoms with Crippen LogP contribution in [0.1, 0.15) is 19.3 Å². The summed E-state index contributed by atoms with van der Waals surface area (Å²) in [4.78, 5) is 18.2. The van der Waals surface area contributed by atoms with Gasteiger partial charge in [0.05, 0.1) is 36.9 Å². The van der Waals surface area contributed by atoms with Gasteiger partial charge in [0, 0.05) is 18.4 Å². The van der Waals surface area contributed by atoms with Crippen molar-refractivity contribution in [2.45, 2.75) is 30.5 Å². The number of nitrogens with zero attached hydrogens (tertiary/aromatic N) is 2. The van der Waals surface area contributed by atoms with Gasteiger partial charge in [0.1, 0.15) is 0 Å². The van der Waals surface area contributed by atoms with E-state index >= 15 is 0 Å². The fourth-order valence-electron chi connectivity index (χ4n) is 3.51. The monoisotopic (exact) mass is 412 g/mol. The Hall–Kier alpha value is -2.51. The van der Waals surface area contributed by atoms with E-state index in [0.717, 1.165) is 25.2 Å². The number of rotatable bonds is 6. The largest absolute Gasteiger partial charge is 0.493 e. The number of aromatic nitrogens is 2. The van der Waals surface area contributed by atoms with Crippen molar-refractivity contribution in [3.05, 3.63) is 52.8 Å². The molecule has 1 aromatic heterocycles. The van der Waals surface area contributed by atoms with Crippen LogP contribution in [0.15, 0.2) is 52.4 Å². The highest BCUT2D eigenvalue weighted by Crippen LogP contribution is 2.31. The number of hydrogen-bond acceptors (Lipinski definition) is 6. The van der Waals surface area contributed by atoms with E-state index < -0.39 is 0 Å². The Morgan fingerprint density at radius 2 is 1.97 bits per heavy atom. The van der Waals surface area contributed by atoms with Crippen molar-refractivity contribution in [2.24, 2.45) is 0 Å². The summed E-state index contributed by atoms with van der Waals surface area (Å²) < 4.78 is 18.3. The number of fused-ring (bicyclic) bond motifs is 1. The second kappa shape index (κ2) is 8.88. The first-order valence-electron chi connectivity index (χ1n) is 9.70. The summed E-state index contributed by atoms with van der Waals surface area (Å²) >= 11 is 1.56. The van der Waals surface area contributed by atoms with Crippen LogP contribution in [0, 0.1) is 0 Å². The topological polar surface area (TPSA) is 62.6 Å². The van der Waals surface area contributed by atoms with E-state index in [-0.39, 0.29) is 11.7 Å². The Morgan fingerprint density at radius 1 is 1.14 bits per heavy atom. The van der Waals surface area contributed by atoms with Crippen molar-refractivity contribution >= 4 is 22.7 Å². The third-order valence-electron chi connectivity index (χ3n) is 5.04. The lowest BCUT2D eigenvalue weighted by molar-refractivity contribution is 0.0315. The van der Waals surface area contributed by atoms with Crippen LogP contribution in [0.5, 0.6) is 11.5 Å². The van der Waals surface area contributed by atoms with E-state index in [2.05, 4.69) is 0 Å². The van der Waals surface area contributed by atoms with E-state index in [1.54, 1.807) is 48.7 Å². The summed E-state index contributed by atoms with van der Waals surface area (Å²) in [6, 6.07) is 12.9. The molecule has 0 saturated carbocycles. The molecule has 2 heterocycles. The number of hydrogen-bond donors (Lipinski definition) is 0. The molecule has 152 valence electrons. The zero-order valence-electron chi connectivity index (χ0n) is 16.6. The molecule has 1 fully saturated rings. The van der Waals surface area contributed by atoms with E-state index in [0.29, 0.717) is 33.2 Å². The number of methoxy groups -OCH3 is 2. The van der Waals surface area contributed by atoms with Crippen LogP contribution in [0.4, 0.5) is 0 Å². The van der Waals surface area contributed by atoms with Gasteiger partial charge in [0.25, 0.3) is 5.56 Å². The maximum Gasteiger partial charge on any atom is 0.266 e. The zero-order chi connectivity index (χ0) is 20.2. The molecular weight excluding hydrogens is 388 g/mol. The molecule has 1 aliphatic heterocycles. The molecule has 0 aliphatic carbocycles. The highest BCUT2D eigenvalue weighted by molar-refractivity contribution is 7.99. The van der Waals surface area contributed by atoms with E-state index in [1.807, 2.05) is 24.3 Å². The molecule has 4 rings (SSSR count). The van der Waals surface area contributed by atoms with Crippen LogP contribution >= 0.6 is 11.8 Å². The lowest BCUT2D eigenvalue weighted by Gasteiger charge is -2.22. The average Bonchev–Trinajstić information content (AvgIpc) is 2.78. The van der Waals surface area contributed by atoms with Crippen molar-refractivity contribution < 1.29 is 14.2 Å². The van der Waals surface area contributed by atoms with Crippen LogP contribution in [0.3, 0.4) is 0 Å². The SMILES string of the molecule is COc1ccc(-n2c(SCC3CCCCO3)nc3ccccc3c2=O)cc1OC. The quantitative estimate of drug-likeness (QED) is 0.449. The molecule has 2 aromatic carbocycles. The average molecular weight is 413 g/mol. The van der Waals surface area contributed by atoms with Gasteiger partial charge in [0.2, 0.25) is 0 Å². The van der Waals surface area contributed by atoms with Crippen LogP contribution in [0.25, 0.3) is 16.6 Å². The Morgan fingerprint density at radius 3 is 2.72 bits per heavy atom. The van der Waals surface area contributed by atoms with E-state index in [1.165, 1.54) is 6.42 Å². The predicted octanol–water partition coefficient (Wildman–Crippen LogP) is 4.06. The molecule has 1 saturated heterocycles. The molecular formula is C22H24N2O4S. The molecule has 1 atom stereocenters. The van der Waals surface area contributed by atoms with Crippen molar-refractivity contribution in [1.82, 2.24) is 9.55 Å². The highest BCUT2D eigenvalue weighted by atomic mass is 32.2. The molecule has 1 unspecified atom stereocenters. The van der Waals surface area contributed by atoms with Crippen LogP contribution in [0.2, 0.25) is 0 Å². The number of ether oxygens (including phenoxy) is 3. The van der Waals surface area contributed by atoms with Gasteiger partial charge in [-0.2, -0.15) is 0 Å². The van der Waals surface area contributed by atoms with Crippen molar-refractivity contribution in [1.29, 1.82) is 0 Å². The summed E-state index contributed by atoms with van der Waals surface area (Å²) in [6.07, 6.45) is 3.53. The first-order chi connectivity index (χ1) is 14.2. The minimum Gasteiger partial charge on any atom is -0.493 e. The van der Waals surface area contributed by atoms with E-state index in [9.17, 15) is 4.79 Å². The maximum absolute atomic E-state index is 13.4.